The Kier molecular flexibility index (Phi) is 5.44. The first kappa shape index (κ1) is 15.3. The highest BCUT2D eigenvalue weighted by Crippen LogP contribution is 2.22. The van der Waals surface area contributed by atoms with Gasteiger partial charge in [-0.15, -0.1) is 0 Å². The summed E-state index contributed by atoms with van der Waals surface area (Å²) in [5.74, 6) is 0. The Hall–Kier alpha value is -1.06. The summed E-state index contributed by atoms with van der Waals surface area (Å²) in [6.07, 6.45) is 2.75. The maximum absolute atomic E-state index is 10.5. The zero-order valence-corrected chi connectivity index (χ0v) is 13.0. The van der Waals surface area contributed by atoms with Crippen LogP contribution in [0.3, 0.4) is 0 Å². The third-order valence-electron chi connectivity index (χ3n) is 4.51. The van der Waals surface area contributed by atoms with Crippen LogP contribution in [-0.4, -0.2) is 50.0 Å². The van der Waals surface area contributed by atoms with Crippen LogP contribution in [0.2, 0.25) is 5.02 Å². The smallest absolute Gasteiger partial charge is 0.120 e. The second-order valence-electron chi connectivity index (χ2n) is 5.60. The number of anilines is 1. The minimum absolute atomic E-state index is 0.695. The molecule has 1 fully saturated rings. The molecule has 1 saturated heterocycles. The Morgan fingerprint density at radius 3 is 2.45 bits per heavy atom. The van der Waals surface area contributed by atoms with Crippen molar-refractivity contribution in [3.8, 4) is 0 Å². The van der Waals surface area contributed by atoms with Crippen molar-refractivity contribution in [2.75, 3.05) is 44.2 Å². The summed E-state index contributed by atoms with van der Waals surface area (Å²) < 4.78 is 1.15. The number of benzene rings is 1. The van der Waals surface area contributed by atoms with Crippen LogP contribution in [0, 0.1) is 0 Å². The average Bonchev–Trinajstić information content (AvgIpc) is 2.49. The predicted octanol–water partition coefficient (Wildman–Crippen LogP) is 2.98. The Morgan fingerprint density at radius 1 is 1.25 bits per heavy atom. The number of hydrogen-bond donors (Lipinski definition) is 0. The van der Waals surface area contributed by atoms with Gasteiger partial charge in [0.25, 0.3) is 0 Å². The van der Waals surface area contributed by atoms with Crippen molar-refractivity contribution in [1.29, 1.82) is 0 Å². The van der Waals surface area contributed by atoms with E-state index in [4.69, 9.17) is 11.6 Å². The third kappa shape index (κ3) is 3.74. The van der Waals surface area contributed by atoms with E-state index in [1.54, 1.807) is 0 Å². The molecule has 2 rings (SSSR count). The highest BCUT2D eigenvalue weighted by molar-refractivity contribution is 6.30. The van der Waals surface area contributed by atoms with Gasteiger partial charge in [0.15, 0.2) is 0 Å². The van der Waals surface area contributed by atoms with Crippen LogP contribution >= 0.6 is 11.6 Å². The second kappa shape index (κ2) is 7.09. The molecule has 0 amide bonds. The van der Waals surface area contributed by atoms with Crippen LogP contribution in [0.15, 0.2) is 24.3 Å². The van der Waals surface area contributed by atoms with E-state index in [0.717, 1.165) is 61.5 Å². The molecule has 0 bridgehead atoms. The molecule has 20 heavy (non-hydrogen) atoms. The zero-order valence-electron chi connectivity index (χ0n) is 12.2. The van der Waals surface area contributed by atoms with Crippen molar-refractivity contribution in [2.45, 2.75) is 19.8 Å². The van der Waals surface area contributed by atoms with Gasteiger partial charge in [0, 0.05) is 23.6 Å². The molecule has 0 unspecified atom stereocenters. The van der Waals surface area contributed by atoms with E-state index in [9.17, 15) is 4.79 Å². The quantitative estimate of drug-likeness (QED) is 0.457. The summed E-state index contributed by atoms with van der Waals surface area (Å²) in [6, 6.07) is 8.11. The van der Waals surface area contributed by atoms with E-state index in [1.165, 1.54) is 5.69 Å². The van der Waals surface area contributed by atoms with Gasteiger partial charge >= 0.3 is 0 Å². The van der Waals surface area contributed by atoms with E-state index in [-0.39, 0.29) is 0 Å². The summed E-state index contributed by atoms with van der Waals surface area (Å²) in [5, 5.41) is 0.790. The zero-order chi connectivity index (χ0) is 14.4. The van der Waals surface area contributed by atoms with Gasteiger partial charge in [-0.2, -0.15) is 0 Å². The molecule has 0 atom stereocenters. The van der Waals surface area contributed by atoms with Crippen molar-refractivity contribution >= 4 is 23.6 Å². The molecular weight excluding hydrogens is 272 g/mol. The fourth-order valence-corrected chi connectivity index (χ4v) is 3.13. The van der Waals surface area contributed by atoms with Crippen LogP contribution in [0.1, 0.15) is 19.8 Å². The van der Waals surface area contributed by atoms with Crippen molar-refractivity contribution in [3.05, 3.63) is 29.3 Å². The standard InChI is InChI=1S/C16H24ClN2O/c1-2-19(11-3-4-14-20)12-9-18(10-13-19)16-7-5-15(17)6-8-16/h5-8,14H,2-4,9-13H2,1H3/q+1. The number of carbonyl (C=O) groups is 1. The molecule has 0 aliphatic carbocycles. The van der Waals surface area contributed by atoms with Crippen LogP contribution in [0.4, 0.5) is 5.69 Å². The summed E-state index contributed by atoms with van der Waals surface area (Å²) in [6.45, 7) is 9.04. The van der Waals surface area contributed by atoms with Crippen molar-refractivity contribution in [2.24, 2.45) is 0 Å². The molecule has 0 saturated carbocycles. The molecular formula is C16H24ClN2O+. The molecule has 1 aromatic carbocycles. The molecule has 0 aromatic heterocycles. The summed E-state index contributed by atoms with van der Waals surface area (Å²) >= 11 is 5.94. The van der Waals surface area contributed by atoms with Gasteiger partial charge in [0.05, 0.1) is 39.3 Å². The van der Waals surface area contributed by atoms with Crippen LogP contribution in [0.5, 0.6) is 0 Å². The summed E-state index contributed by atoms with van der Waals surface area (Å²) in [7, 11) is 0. The number of aldehydes is 1. The topological polar surface area (TPSA) is 20.3 Å². The lowest BCUT2D eigenvalue weighted by atomic mass is 10.1. The van der Waals surface area contributed by atoms with Gasteiger partial charge in [-0.05, 0) is 31.2 Å². The number of quaternary nitrogens is 1. The third-order valence-corrected chi connectivity index (χ3v) is 4.76. The van der Waals surface area contributed by atoms with Gasteiger partial charge in [-0.25, -0.2) is 0 Å². The lowest BCUT2D eigenvalue weighted by molar-refractivity contribution is -0.927. The van der Waals surface area contributed by atoms with Crippen molar-refractivity contribution in [1.82, 2.24) is 0 Å². The Morgan fingerprint density at radius 2 is 1.90 bits per heavy atom. The van der Waals surface area contributed by atoms with Gasteiger partial charge in [-0.1, -0.05) is 11.6 Å². The molecule has 1 aliphatic rings. The van der Waals surface area contributed by atoms with E-state index in [2.05, 4.69) is 24.0 Å². The van der Waals surface area contributed by atoms with E-state index in [1.807, 2.05) is 12.1 Å². The van der Waals surface area contributed by atoms with Gasteiger partial charge in [0.1, 0.15) is 6.29 Å². The largest absolute Gasteiger partial charge is 0.360 e. The summed E-state index contributed by atoms with van der Waals surface area (Å²) in [4.78, 5) is 12.9. The van der Waals surface area contributed by atoms with Crippen LogP contribution in [0.25, 0.3) is 0 Å². The fourth-order valence-electron chi connectivity index (χ4n) is 3.01. The van der Waals surface area contributed by atoms with Crippen molar-refractivity contribution < 1.29 is 9.28 Å². The fraction of sp³-hybridized carbons (Fsp3) is 0.562. The number of halogens is 1. The molecule has 0 N–H and O–H groups in total. The Labute approximate surface area is 126 Å². The van der Waals surface area contributed by atoms with E-state index >= 15 is 0 Å². The van der Waals surface area contributed by atoms with Crippen molar-refractivity contribution in [3.63, 3.8) is 0 Å². The lowest BCUT2D eigenvalue weighted by Crippen LogP contribution is -2.60. The average molecular weight is 296 g/mol. The molecule has 1 aromatic rings. The number of likely N-dealkylation sites (N-methyl/N-ethyl adjacent to an activating group) is 1. The minimum atomic E-state index is 0.695. The minimum Gasteiger partial charge on any atom is -0.360 e. The lowest BCUT2D eigenvalue weighted by Gasteiger charge is -2.45. The van der Waals surface area contributed by atoms with Gasteiger partial charge in [-0.3, -0.25) is 0 Å². The Bertz CT molecular complexity index is 425. The first-order chi connectivity index (χ1) is 9.69. The number of hydrogen-bond acceptors (Lipinski definition) is 2. The molecule has 1 heterocycles. The van der Waals surface area contributed by atoms with E-state index in [0.29, 0.717) is 6.42 Å². The number of unbranched alkanes of at least 4 members (excludes halogenated alkanes) is 1. The predicted molar refractivity (Wildman–Crippen MR) is 84.4 cm³/mol. The van der Waals surface area contributed by atoms with Gasteiger partial charge in [0.2, 0.25) is 0 Å². The highest BCUT2D eigenvalue weighted by Gasteiger charge is 2.30. The number of rotatable bonds is 6. The summed E-state index contributed by atoms with van der Waals surface area (Å²) in [5.41, 5.74) is 1.26. The first-order valence-electron chi connectivity index (χ1n) is 7.48. The molecule has 4 heteroatoms. The number of nitrogens with zero attached hydrogens (tertiary/aromatic N) is 2. The Balaban J connectivity index is 1.92. The number of piperazine rings is 1. The second-order valence-corrected chi connectivity index (χ2v) is 6.04. The first-order valence-corrected chi connectivity index (χ1v) is 7.86. The molecule has 0 spiro atoms. The highest BCUT2D eigenvalue weighted by atomic mass is 35.5. The molecule has 0 radical (unpaired) electrons. The maximum Gasteiger partial charge on any atom is 0.120 e. The maximum atomic E-state index is 10.5. The number of carbonyl (C=O) groups excluding carboxylic acids is 1. The monoisotopic (exact) mass is 295 g/mol. The van der Waals surface area contributed by atoms with Crippen LogP contribution < -0.4 is 4.90 Å². The van der Waals surface area contributed by atoms with E-state index < -0.39 is 0 Å². The molecule has 110 valence electrons. The SMILES string of the molecule is CC[N+]1(CCCC=O)CCN(c2ccc(Cl)cc2)CC1. The van der Waals surface area contributed by atoms with Gasteiger partial charge < -0.3 is 14.2 Å². The molecule has 3 nitrogen and oxygen atoms in total. The normalized spacial score (nSPS) is 18.0. The molecule has 1 aliphatic heterocycles. The van der Waals surface area contributed by atoms with Crippen LogP contribution in [-0.2, 0) is 4.79 Å².